The summed E-state index contributed by atoms with van der Waals surface area (Å²) in [6.45, 7) is 7.67. The number of pyridine rings is 1. The fraction of sp³-hybridized carbons (Fsp3) is 0.286. The molecule has 0 radical (unpaired) electrons. The van der Waals surface area contributed by atoms with Crippen LogP contribution < -0.4 is 5.32 Å². The summed E-state index contributed by atoms with van der Waals surface area (Å²) in [5, 5.41) is 14.5. The fourth-order valence-corrected chi connectivity index (χ4v) is 3.34. The van der Waals surface area contributed by atoms with E-state index in [9.17, 15) is 4.79 Å². The first-order valence-corrected chi connectivity index (χ1v) is 9.51. The molecule has 0 saturated heterocycles. The lowest BCUT2D eigenvalue weighted by molar-refractivity contribution is 0.0933. The van der Waals surface area contributed by atoms with E-state index in [0.29, 0.717) is 23.7 Å². The predicted octanol–water partition coefficient (Wildman–Crippen LogP) is 3.68. The Morgan fingerprint density at radius 2 is 2.10 bits per heavy atom. The van der Waals surface area contributed by atoms with Gasteiger partial charge in [0.1, 0.15) is 6.04 Å². The summed E-state index contributed by atoms with van der Waals surface area (Å²) in [5.41, 5.74) is 4.73. The van der Waals surface area contributed by atoms with E-state index in [1.165, 1.54) is 0 Å². The molecule has 0 fully saturated rings. The molecular weight excluding hydrogens is 368 g/mol. The van der Waals surface area contributed by atoms with E-state index < -0.39 is 6.04 Å². The zero-order chi connectivity index (χ0) is 20.5. The number of nitrogens with one attached hydrogen (secondary N) is 2. The van der Waals surface area contributed by atoms with Gasteiger partial charge >= 0.3 is 0 Å². The molecule has 1 aromatic carbocycles. The Morgan fingerprint density at radius 3 is 2.79 bits per heavy atom. The van der Waals surface area contributed by atoms with Crippen LogP contribution in [0.25, 0.3) is 22.2 Å². The molecule has 0 aliphatic carbocycles. The molecule has 0 saturated carbocycles. The van der Waals surface area contributed by atoms with Crippen LogP contribution in [0.2, 0.25) is 0 Å². The normalized spacial score (nSPS) is 12.3. The van der Waals surface area contributed by atoms with Crippen molar-refractivity contribution in [2.24, 2.45) is 0 Å². The molecule has 3 aromatic heterocycles. The Morgan fingerprint density at radius 1 is 1.28 bits per heavy atom. The molecule has 0 aliphatic rings. The highest BCUT2D eigenvalue weighted by Crippen LogP contribution is 2.30. The third kappa shape index (κ3) is 3.49. The molecule has 1 amide bonds. The first kappa shape index (κ1) is 18.8. The van der Waals surface area contributed by atoms with Gasteiger partial charge in [0.15, 0.2) is 5.82 Å². The second kappa shape index (κ2) is 7.46. The summed E-state index contributed by atoms with van der Waals surface area (Å²) in [6.07, 6.45) is 4.14. The van der Waals surface area contributed by atoms with Crippen LogP contribution in [0.3, 0.4) is 0 Å². The number of carbonyl (C=O) groups is 1. The van der Waals surface area contributed by atoms with Crippen molar-refractivity contribution in [2.75, 3.05) is 0 Å². The van der Waals surface area contributed by atoms with Crippen LogP contribution in [0.5, 0.6) is 0 Å². The first-order chi connectivity index (χ1) is 14.0. The van der Waals surface area contributed by atoms with Gasteiger partial charge < -0.3 is 9.84 Å². The highest BCUT2D eigenvalue weighted by atomic mass is 16.5. The highest BCUT2D eigenvalue weighted by molar-refractivity contribution is 6.09. The van der Waals surface area contributed by atoms with E-state index >= 15 is 0 Å². The second-order valence-electron chi connectivity index (χ2n) is 7.07. The lowest BCUT2D eigenvalue weighted by Crippen LogP contribution is -2.28. The zero-order valence-electron chi connectivity index (χ0n) is 16.8. The quantitative estimate of drug-likeness (QED) is 0.538. The summed E-state index contributed by atoms with van der Waals surface area (Å²) in [7, 11) is 0. The molecule has 0 aliphatic heterocycles. The minimum Gasteiger partial charge on any atom is -0.340 e. The van der Waals surface area contributed by atoms with Crippen molar-refractivity contribution in [3.63, 3.8) is 0 Å². The zero-order valence-corrected chi connectivity index (χ0v) is 16.8. The largest absolute Gasteiger partial charge is 0.340 e. The maximum absolute atomic E-state index is 13.3. The van der Waals surface area contributed by atoms with Crippen molar-refractivity contribution in [3.05, 3.63) is 59.0 Å². The maximum Gasteiger partial charge on any atom is 0.252 e. The van der Waals surface area contributed by atoms with E-state index in [1.54, 1.807) is 12.4 Å². The number of aromatic amines is 1. The number of amides is 1. The Balaban J connectivity index is 1.79. The number of H-pyrrole nitrogens is 1. The molecular formula is C21H22N6O2. The molecule has 8 heteroatoms. The molecule has 2 N–H and O–H groups in total. The SMILES string of the molecule is CCc1noc([C@H](C)NC(=O)c2c(C)c(-c3cn[nH]c3)nc3ccc(C)cc23)n1. The number of hydrogen-bond donors (Lipinski definition) is 2. The number of hydrogen-bond acceptors (Lipinski definition) is 6. The number of aryl methyl sites for hydroxylation is 2. The molecule has 29 heavy (non-hydrogen) atoms. The Hall–Kier alpha value is -3.55. The summed E-state index contributed by atoms with van der Waals surface area (Å²) in [6, 6.07) is 5.48. The number of nitrogens with zero attached hydrogens (tertiary/aromatic N) is 4. The van der Waals surface area contributed by atoms with Crippen molar-refractivity contribution < 1.29 is 9.32 Å². The van der Waals surface area contributed by atoms with Crippen molar-refractivity contribution in [1.82, 2.24) is 30.6 Å². The third-order valence-electron chi connectivity index (χ3n) is 4.90. The van der Waals surface area contributed by atoms with Crippen LogP contribution >= 0.6 is 0 Å². The lowest BCUT2D eigenvalue weighted by Gasteiger charge is -2.16. The lowest BCUT2D eigenvalue weighted by atomic mass is 9.97. The second-order valence-corrected chi connectivity index (χ2v) is 7.07. The highest BCUT2D eigenvalue weighted by Gasteiger charge is 2.23. The molecule has 0 bridgehead atoms. The van der Waals surface area contributed by atoms with E-state index in [1.807, 2.05) is 45.9 Å². The summed E-state index contributed by atoms with van der Waals surface area (Å²) in [4.78, 5) is 22.4. The number of aromatic nitrogens is 5. The van der Waals surface area contributed by atoms with Crippen molar-refractivity contribution in [3.8, 4) is 11.3 Å². The Bertz CT molecular complexity index is 1180. The minimum atomic E-state index is -0.417. The third-order valence-corrected chi connectivity index (χ3v) is 4.90. The van der Waals surface area contributed by atoms with Gasteiger partial charge in [-0.2, -0.15) is 10.1 Å². The monoisotopic (exact) mass is 390 g/mol. The fourth-order valence-electron chi connectivity index (χ4n) is 3.34. The number of benzene rings is 1. The van der Waals surface area contributed by atoms with Crippen molar-refractivity contribution >= 4 is 16.8 Å². The molecule has 4 rings (SSSR count). The number of rotatable bonds is 5. The average Bonchev–Trinajstić information content (AvgIpc) is 3.39. The van der Waals surface area contributed by atoms with Crippen LogP contribution in [-0.2, 0) is 6.42 Å². The van der Waals surface area contributed by atoms with Gasteiger partial charge in [-0.1, -0.05) is 23.7 Å². The minimum absolute atomic E-state index is 0.214. The van der Waals surface area contributed by atoms with Crippen molar-refractivity contribution in [2.45, 2.75) is 40.2 Å². The predicted molar refractivity (Wildman–Crippen MR) is 108 cm³/mol. The number of carbonyl (C=O) groups excluding carboxylic acids is 1. The smallest absolute Gasteiger partial charge is 0.252 e. The average molecular weight is 390 g/mol. The molecule has 148 valence electrons. The van der Waals surface area contributed by atoms with Crippen LogP contribution in [-0.4, -0.2) is 31.2 Å². The van der Waals surface area contributed by atoms with Gasteiger partial charge in [0.05, 0.1) is 23.0 Å². The molecule has 0 spiro atoms. The standard InChI is InChI=1S/C21H22N6O2/c1-5-17-26-21(29-27-17)13(4)24-20(28)18-12(3)19(14-9-22-23-10-14)25-16-7-6-11(2)8-15(16)18/h6-10,13H,5H2,1-4H3,(H,22,23)(H,24,28)/t13-/m0/s1. The summed E-state index contributed by atoms with van der Waals surface area (Å²) >= 11 is 0. The van der Waals surface area contributed by atoms with Gasteiger partial charge in [0.25, 0.3) is 5.91 Å². The van der Waals surface area contributed by atoms with Gasteiger partial charge in [-0.15, -0.1) is 0 Å². The van der Waals surface area contributed by atoms with Gasteiger partial charge in [-0.3, -0.25) is 9.89 Å². The summed E-state index contributed by atoms with van der Waals surface area (Å²) in [5.74, 6) is 0.788. The Kier molecular flexibility index (Phi) is 4.84. The maximum atomic E-state index is 13.3. The van der Waals surface area contributed by atoms with Crippen LogP contribution in [0.1, 0.15) is 53.1 Å². The van der Waals surface area contributed by atoms with Crippen LogP contribution in [0.15, 0.2) is 35.1 Å². The van der Waals surface area contributed by atoms with E-state index in [0.717, 1.165) is 33.3 Å². The van der Waals surface area contributed by atoms with Gasteiger partial charge in [0.2, 0.25) is 5.89 Å². The Labute approximate surface area is 167 Å². The van der Waals surface area contributed by atoms with E-state index in [-0.39, 0.29) is 5.91 Å². The summed E-state index contributed by atoms with van der Waals surface area (Å²) < 4.78 is 5.27. The van der Waals surface area contributed by atoms with Crippen LogP contribution in [0, 0.1) is 13.8 Å². The molecule has 4 aromatic rings. The van der Waals surface area contributed by atoms with E-state index in [2.05, 4.69) is 25.7 Å². The van der Waals surface area contributed by atoms with Gasteiger partial charge in [-0.05, 0) is 38.5 Å². The molecule has 0 unspecified atom stereocenters. The topological polar surface area (TPSA) is 110 Å². The number of fused-ring (bicyclic) bond motifs is 1. The van der Waals surface area contributed by atoms with Gasteiger partial charge in [-0.25, -0.2) is 4.98 Å². The van der Waals surface area contributed by atoms with Crippen LogP contribution in [0.4, 0.5) is 0 Å². The van der Waals surface area contributed by atoms with E-state index in [4.69, 9.17) is 9.51 Å². The molecule has 1 atom stereocenters. The molecule has 3 heterocycles. The first-order valence-electron chi connectivity index (χ1n) is 9.51. The molecule has 8 nitrogen and oxygen atoms in total. The van der Waals surface area contributed by atoms with Gasteiger partial charge in [0, 0.05) is 23.6 Å². The van der Waals surface area contributed by atoms with Crippen molar-refractivity contribution in [1.29, 1.82) is 0 Å².